The van der Waals surface area contributed by atoms with Gasteiger partial charge in [0.2, 0.25) is 0 Å². The van der Waals surface area contributed by atoms with Crippen molar-refractivity contribution in [2.75, 3.05) is 32.1 Å². The van der Waals surface area contributed by atoms with E-state index in [0.717, 1.165) is 23.2 Å². The monoisotopic (exact) mass is 332 g/mol. The van der Waals surface area contributed by atoms with Gasteiger partial charge in [-0.2, -0.15) is 0 Å². The number of aryl methyl sites for hydroxylation is 1. The number of carbonyl (C=O) groups excluding carboxylic acids is 2. The summed E-state index contributed by atoms with van der Waals surface area (Å²) in [5.74, 6) is 0.181. The van der Waals surface area contributed by atoms with E-state index in [2.05, 4.69) is 5.32 Å². The van der Waals surface area contributed by atoms with Gasteiger partial charge in [0.15, 0.2) is 5.78 Å². The van der Waals surface area contributed by atoms with Crippen LogP contribution in [0.4, 0.5) is 10.5 Å². The van der Waals surface area contributed by atoms with Crippen LogP contribution in [0.5, 0.6) is 0 Å². The Kier molecular flexibility index (Phi) is 4.60. The number of urea groups is 1. The Hall–Kier alpha value is -1.92. The van der Waals surface area contributed by atoms with Gasteiger partial charge < -0.3 is 19.7 Å². The minimum absolute atomic E-state index is 0.137. The topological polar surface area (TPSA) is 67.9 Å². The molecule has 0 bridgehead atoms. The Morgan fingerprint density at radius 3 is 2.96 bits per heavy atom. The number of rotatable bonds is 3. The molecule has 1 aromatic carbocycles. The van der Waals surface area contributed by atoms with Gasteiger partial charge in [-0.25, -0.2) is 4.79 Å². The number of ketones is 1. The average Bonchev–Trinajstić information content (AvgIpc) is 2.87. The second-order valence-corrected chi connectivity index (χ2v) is 7.06. The molecule has 0 spiro atoms. The maximum Gasteiger partial charge on any atom is 0.322 e. The fourth-order valence-electron chi connectivity index (χ4n) is 3.46. The summed E-state index contributed by atoms with van der Waals surface area (Å²) in [7, 11) is 1.63. The second kappa shape index (κ2) is 6.53. The lowest BCUT2D eigenvalue weighted by molar-refractivity contribution is -0.141. The molecule has 1 N–H and O–H groups in total. The van der Waals surface area contributed by atoms with Gasteiger partial charge >= 0.3 is 6.03 Å². The lowest BCUT2D eigenvalue weighted by Crippen LogP contribution is -2.56. The standard InChI is InChI=1S/C18H24N2O4/c1-18(2)11-20(9-14(24-18)10-23-3)17(22)19-13-5-6-15-12(8-13)4-7-16(15)21/h5-6,8,14H,4,7,9-11H2,1-3H3,(H,19,22)/t14-/m0/s1. The quantitative estimate of drug-likeness (QED) is 0.923. The third kappa shape index (κ3) is 3.60. The molecule has 1 saturated heterocycles. The summed E-state index contributed by atoms with van der Waals surface area (Å²) in [5.41, 5.74) is 2.10. The molecule has 3 rings (SSSR count). The number of morpholine rings is 1. The number of ether oxygens (including phenoxy) is 2. The first-order valence-corrected chi connectivity index (χ1v) is 8.27. The van der Waals surface area contributed by atoms with Crippen LogP contribution in [-0.4, -0.2) is 55.2 Å². The number of nitrogens with zero attached hydrogens (tertiary/aromatic N) is 1. The Balaban J connectivity index is 1.69. The molecule has 1 aromatic rings. The number of hydrogen-bond acceptors (Lipinski definition) is 4. The van der Waals surface area contributed by atoms with Gasteiger partial charge in [0.1, 0.15) is 0 Å². The predicted octanol–water partition coefficient (Wildman–Crippen LogP) is 2.47. The molecule has 2 aliphatic rings. The van der Waals surface area contributed by atoms with Crippen molar-refractivity contribution < 1.29 is 19.1 Å². The van der Waals surface area contributed by atoms with E-state index in [1.54, 1.807) is 24.1 Å². The van der Waals surface area contributed by atoms with Crippen molar-refractivity contribution in [2.45, 2.75) is 38.4 Å². The molecule has 0 aromatic heterocycles. The van der Waals surface area contributed by atoms with Crippen molar-refractivity contribution in [3.05, 3.63) is 29.3 Å². The minimum atomic E-state index is -0.414. The van der Waals surface area contributed by atoms with E-state index in [1.807, 2.05) is 19.9 Å². The zero-order valence-corrected chi connectivity index (χ0v) is 14.4. The van der Waals surface area contributed by atoms with E-state index in [9.17, 15) is 9.59 Å². The van der Waals surface area contributed by atoms with Crippen LogP contribution >= 0.6 is 0 Å². The molecule has 6 nitrogen and oxygen atoms in total. The summed E-state index contributed by atoms with van der Waals surface area (Å²) in [6, 6.07) is 5.34. The van der Waals surface area contributed by atoms with E-state index in [0.29, 0.717) is 26.1 Å². The summed E-state index contributed by atoms with van der Waals surface area (Å²) >= 11 is 0. The van der Waals surface area contributed by atoms with Crippen molar-refractivity contribution in [2.24, 2.45) is 0 Å². The maximum absolute atomic E-state index is 12.6. The first-order chi connectivity index (χ1) is 11.4. The number of methoxy groups -OCH3 is 1. The SMILES string of the molecule is COC[C@@H]1CN(C(=O)Nc2ccc3c(c2)CCC3=O)CC(C)(C)O1. The highest BCUT2D eigenvalue weighted by atomic mass is 16.5. The number of nitrogens with one attached hydrogen (secondary N) is 1. The number of anilines is 1. The molecule has 24 heavy (non-hydrogen) atoms. The van der Waals surface area contributed by atoms with Crippen molar-refractivity contribution in [3.63, 3.8) is 0 Å². The van der Waals surface area contributed by atoms with Gasteiger partial charge in [0.05, 0.1) is 31.4 Å². The van der Waals surface area contributed by atoms with Crippen LogP contribution in [0.15, 0.2) is 18.2 Å². The third-order valence-corrected chi connectivity index (χ3v) is 4.40. The molecule has 1 aliphatic carbocycles. The smallest absolute Gasteiger partial charge is 0.322 e. The van der Waals surface area contributed by atoms with Crippen molar-refractivity contribution in [1.82, 2.24) is 4.90 Å². The number of fused-ring (bicyclic) bond motifs is 1. The Morgan fingerprint density at radius 1 is 1.42 bits per heavy atom. The molecule has 0 radical (unpaired) electrons. The van der Waals surface area contributed by atoms with Crippen molar-refractivity contribution in [1.29, 1.82) is 0 Å². The molecule has 1 atom stereocenters. The molecule has 0 saturated carbocycles. The van der Waals surface area contributed by atoms with Crippen LogP contribution in [0.3, 0.4) is 0 Å². The molecular weight excluding hydrogens is 308 g/mol. The van der Waals surface area contributed by atoms with E-state index in [4.69, 9.17) is 9.47 Å². The summed E-state index contributed by atoms with van der Waals surface area (Å²) in [4.78, 5) is 26.1. The third-order valence-electron chi connectivity index (χ3n) is 4.40. The van der Waals surface area contributed by atoms with E-state index in [-0.39, 0.29) is 17.9 Å². The van der Waals surface area contributed by atoms with Crippen LogP contribution in [0, 0.1) is 0 Å². The van der Waals surface area contributed by atoms with Crippen LogP contribution in [-0.2, 0) is 15.9 Å². The number of amides is 2. The summed E-state index contributed by atoms with van der Waals surface area (Å²) in [6.45, 7) is 5.40. The van der Waals surface area contributed by atoms with Gasteiger partial charge in [-0.3, -0.25) is 4.79 Å². The first-order valence-electron chi connectivity index (χ1n) is 8.27. The van der Waals surface area contributed by atoms with Crippen LogP contribution in [0.1, 0.15) is 36.2 Å². The lowest BCUT2D eigenvalue weighted by atomic mass is 10.1. The van der Waals surface area contributed by atoms with Crippen LogP contribution < -0.4 is 5.32 Å². The van der Waals surface area contributed by atoms with Gasteiger partial charge in [0, 0.05) is 24.8 Å². The van der Waals surface area contributed by atoms with Crippen molar-refractivity contribution >= 4 is 17.5 Å². The zero-order chi connectivity index (χ0) is 17.3. The normalized spacial score (nSPS) is 22.4. The molecule has 0 unspecified atom stereocenters. The predicted molar refractivity (Wildman–Crippen MR) is 90.5 cm³/mol. The molecule has 2 amide bonds. The number of Topliss-reactive ketones (excluding diaryl/α,β-unsaturated/α-hetero) is 1. The highest BCUT2D eigenvalue weighted by Gasteiger charge is 2.35. The van der Waals surface area contributed by atoms with E-state index in [1.165, 1.54) is 0 Å². The number of benzene rings is 1. The fourth-order valence-corrected chi connectivity index (χ4v) is 3.46. The van der Waals surface area contributed by atoms with Gasteiger partial charge in [0.25, 0.3) is 0 Å². The molecule has 6 heteroatoms. The van der Waals surface area contributed by atoms with Gasteiger partial charge in [-0.1, -0.05) is 0 Å². The molecular formula is C18H24N2O4. The first kappa shape index (κ1) is 16.9. The zero-order valence-electron chi connectivity index (χ0n) is 14.4. The van der Waals surface area contributed by atoms with E-state index >= 15 is 0 Å². The van der Waals surface area contributed by atoms with E-state index < -0.39 is 5.60 Å². The fraction of sp³-hybridized carbons (Fsp3) is 0.556. The Bertz CT molecular complexity index is 656. The molecule has 130 valence electrons. The number of hydrogen-bond donors (Lipinski definition) is 1. The maximum atomic E-state index is 12.6. The highest BCUT2D eigenvalue weighted by molar-refractivity contribution is 6.01. The lowest BCUT2D eigenvalue weighted by Gasteiger charge is -2.42. The van der Waals surface area contributed by atoms with Gasteiger partial charge in [-0.05, 0) is 44.0 Å². The van der Waals surface area contributed by atoms with Crippen LogP contribution in [0.2, 0.25) is 0 Å². The molecule has 1 fully saturated rings. The Morgan fingerprint density at radius 2 is 2.21 bits per heavy atom. The average molecular weight is 332 g/mol. The largest absolute Gasteiger partial charge is 0.382 e. The Labute approximate surface area is 142 Å². The second-order valence-electron chi connectivity index (χ2n) is 7.06. The van der Waals surface area contributed by atoms with Crippen LogP contribution in [0.25, 0.3) is 0 Å². The minimum Gasteiger partial charge on any atom is -0.382 e. The number of carbonyl (C=O) groups is 2. The van der Waals surface area contributed by atoms with Crippen molar-refractivity contribution in [3.8, 4) is 0 Å². The summed E-state index contributed by atoms with van der Waals surface area (Å²) in [5, 5.41) is 2.94. The highest BCUT2D eigenvalue weighted by Crippen LogP contribution is 2.26. The summed E-state index contributed by atoms with van der Waals surface area (Å²) < 4.78 is 11.1. The van der Waals surface area contributed by atoms with Gasteiger partial charge in [-0.15, -0.1) is 0 Å². The molecule has 1 aliphatic heterocycles. The molecule has 1 heterocycles. The summed E-state index contributed by atoms with van der Waals surface area (Å²) in [6.07, 6.45) is 1.17.